The molecule has 0 radical (unpaired) electrons. The Morgan fingerprint density at radius 3 is 2.25 bits per heavy atom. The predicted octanol–water partition coefficient (Wildman–Crippen LogP) is 2.81. The Morgan fingerprint density at radius 1 is 1.21 bits per heavy atom. The fraction of sp³-hybridized carbons (Fsp3) is 0.529. The minimum absolute atomic E-state index is 0. The van der Waals surface area contributed by atoms with Crippen LogP contribution in [0.1, 0.15) is 29.8 Å². The predicted molar refractivity (Wildman–Crippen MR) is 116 cm³/mol. The molecule has 0 aliphatic carbocycles. The van der Waals surface area contributed by atoms with E-state index in [0.717, 1.165) is 18.1 Å². The molecule has 1 aromatic carbocycles. The zero-order chi connectivity index (χ0) is 17.5. The molecule has 136 valence electrons. The number of amides is 1. The van der Waals surface area contributed by atoms with Crippen LogP contribution in [0.5, 0.6) is 0 Å². The second kappa shape index (κ2) is 10.8. The van der Waals surface area contributed by atoms with E-state index in [4.69, 9.17) is 0 Å². The van der Waals surface area contributed by atoms with Crippen LogP contribution in [0, 0.1) is 0 Å². The summed E-state index contributed by atoms with van der Waals surface area (Å²) in [5.41, 5.74) is 1.80. The summed E-state index contributed by atoms with van der Waals surface area (Å²) in [5.74, 6) is 0.793. The van der Waals surface area contributed by atoms with Crippen LogP contribution in [0.25, 0.3) is 0 Å². The van der Waals surface area contributed by atoms with Crippen LogP contribution in [0.2, 0.25) is 0 Å². The van der Waals surface area contributed by atoms with Crippen LogP contribution >= 0.6 is 35.7 Å². The topological polar surface area (TPSA) is 56.7 Å². The molecule has 0 aliphatic rings. The first-order chi connectivity index (χ1) is 10.8. The quantitative estimate of drug-likeness (QED) is 0.386. The van der Waals surface area contributed by atoms with Crippen molar-refractivity contribution in [3.05, 3.63) is 35.4 Å². The van der Waals surface area contributed by atoms with Gasteiger partial charge in [-0.25, -0.2) is 0 Å². The second-order valence-corrected chi connectivity index (χ2v) is 7.65. The number of benzene rings is 1. The van der Waals surface area contributed by atoms with E-state index in [2.05, 4.69) is 35.7 Å². The van der Waals surface area contributed by atoms with E-state index in [9.17, 15) is 4.79 Å². The molecule has 1 rings (SSSR count). The summed E-state index contributed by atoms with van der Waals surface area (Å²) in [6, 6.07) is 7.63. The van der Waals surface area contributed by atoms with Crippen LogP contribution in [0.4, 0.5) is 0 Å². The molecule has 0 heterocycles. The summed E-state index contributed by atoms with van der Waals surface area (Å²) in [6.45, 7) is 5.89. The second-order valence-electron chi connectivity index (χ2n) is 6.14. The van der Waals surface area contributed by atoms with Crippen molar-refractivity contribution < 1.29 is 4.79 Å². The van der Waals surface area contributed by atoms with Gasteiger partial charge in [-0.1, -0.05) is 12.1 Å². The summed E-state index contributed by atoms with van der Waals surface area (Å²) in [4.78, 5) is 17.7. The summed E-state index contributed by atoms with van der Waals surface area (Å²) in [5, 5.41) is 6.62. The molecule has 0 saturated carbocycles. The number of nitrogens with one attached hydrogen (secondary N) is 2. The SMILES string of the molecule is CN=C(NCc1ccc(C(=O)N(C)C)cc1)NCC(C)(C)SC.I. The third kappa shape index (κ3) is 7.74. The van der Waals surface area contributed by atoms with Crippen molar-refractivity contribution in [3.63, 3.8) is 0 Å². The Morgan fingerprint density at radius 2 is 1.79 bits per heavy atom. The minimum Gasteiger partial charge on any atom is -0.355 e. The lowest BCUT2D eigenvalue weighted by molar-refractivity contribution is 0.0827. The lowest BCUT2D eigenvalue weighted by atomic mass is 10.1. The first-order valence-corrected chi connectivity index (χ1v) is 8.82. The summed E-state index contributed by atoms with van der Waals surface area (Å²) in [6.07, 6.45) is 2.11. The van der Waals surface area contributed by atoms with Gasteiger partial charge in [-0.05, 0) is 37.8 Å². The molecule has 0 fully saturated rings. The van der Waals surface area contributed by atoms with Gasteiger partial charge in [0.1, 0.15) is 0 Å². The van der Waals surface area contributed by atoms with Gasteiger partial charge in [0, 0.05) is 44.5 Å². The Bertz CT molecular complexity index is 544. The number of hydrogen-bond acceptors (Lipinski definition) is 3. The molecule has 1 aromatic rings. The Hall–Kier alpha value is -0.960. The number of aliphatic imine (C=N–C) groups is 1. The fourth-order valence-electron chi connectivity index (χ4n) is 1.80. The van der Waals surface area contributed by atoms with Gasteiger partial charge in [0.15, 0.2) is 5.96 Å². The molecule has 24 heavy (non-hydrogen) atoms. The van der Waals surface area contributed by atoms with Crippen LogP contribution in [0.15, 0.2) is 29.3 Å². The van der Waals surface area contributed by atoms with Crippen molar-refractivity contribution in [2.45, 2.75) is 25.1 Å². The minimum atomic E-state index is 0. The van der Waals surface area contributed by atoms with Gasteiger partial charge in [0.2, 0.25) is 0 Å². The maximum atomic E-state index is 11.9. The van der Waals surface area contributed by atoms with E-state index < -0.39 is 0 Å². The molecule has 1 amide bonds. The van der Waals surface area contributed by atoms with E-state index >= 15 is 0 Å². The standard InChI is InChI=1S/C17H28N4OS.HI/c1-17(2,23-6)12-20-16(18-3)19-11-13-7-9-14(10-8-13)15(22)21(4)5;/h7-10H,11-12H2,1-6H3,(H2,18,19,20);1H. The first kappa shape index (κ1) is 23.0. The number of rotatable bonds is 6. The third-order valence-electron chi connectivity index (χ3n) is 3.52. The summed E-state index contributed by atoms with van der Waals surface area (Å²) < 4.78 is 0.159. The van der Waals surface area contributed by atoms with Gasteiger partial charge in [0.25, 0.3) is 5.91 Å². The highest BCUT2D eigenvalue weighted by Crippen LogP contribution is 2.19. The van der Waals surface area contributed by atoms with Gasteiger partial charge in [-0.15, -0.1) is 24.0 Å². The molecule has 7 heteroatoms. The molecule has 0 bridgehead atoms. The fourth-order valence-corrected chi connectivity index (χ4v) is 2.02. The van der Waals surface area contributed by atoms with Crippen molar-refractivity contribution in [1.82, 2.24) is 15.5 Å². The molecule has 5 nitrogen and oxygen atoms in total. The molecule has 0 aliphatic heterocycles. The smallest absolute Gasteiger partial charge is 0.253 e. The molecular formula is C17H29IN4OS. The first-order valence-electron chi connectivity index (χ1n) is 7.59. The molecule has 0 saturated heterocycles. The van der Waals surface area contributed by atoms with Gasteiger partial charge in [0.05, 0.1) is 0 Å². The highest BCUT2D eigenvalue weighted by molar-refractivity contribution is 14.0. The summed E-state index contributed by atoms with van der Waals surface area (Å²) >= 11 is 1.82. The number of nitrogens with zero attached hydrogens (tertiary/aromatic N) is 2. The van der Waals surface area contributed by atoms with E-state index in [1.807, 2.05) is 36.0 Å². The van der Waals surface area contributed by atoms with Crippen molar-refractivity contribution in [2.24, 2.45) is 4.99 Å². The van der Waals surface area contributed by atoms with Gasteiger partial charge < -0.3 is 15.5 Å². The number of thioether (sulfide) groups is 1. The lowest BCUT2D eigenvalue weighted by Crippen LogP contribution is -2.42. The van der Waals surface area contributed by atoms with Crippen LogP contribution < -0.4 is 10.6 Å². The maximum Gasteiger partial charge on any atom is 0.253 e. The summed E-state index contributed by atoms with van der Waals surface area (Å²) in [7, 11) is 5.27. The van der Waals surface area contributed by atoms with Crippen molar-refractivity contribution in [2.75, 3.05) is 33.9 Å². The Balaban J connectivity index is 0.00000529. The highest BCUT2D eigenvalue weighted by Gasteiger charge is 2.16. The average molecular weight is 464 g/mol. The number of halogens is 1. The van der Waals surface area contributed by atoms with Crippen molar-refractivity contribution >= 4 is 47.6 Å². The number of carbonyl (C=O) groups excluding carboxylic acids is 1. The van der Waals surface area contributed by atoms with Crippen LogP contribution in [-0.2, 0) is 6.54 Å². The normalized spacial score (nSPS) is 11.5. The average Bonchev–Trinajstić information content (AvgIpc) is 2.54. The number of guanidine groups is 1. The molecule has 2 N–H and O–H groups in total. The van der Waals surface area contributed by atoms with E-state index in [1.54, 1.807) is 26.0 Å². The number of hydrogen-bond donors (Lipinski definition) is 2. The van der Waals surface area contributed by atoms with Gasteiger partial charge >= 0.3 is 0 Å². The van der Waals surface area contributed by atoms with Gasteiger partial charge in [-0.3, -0.25) is 9.79 Å². The molecular weight excluding hydrogens is 435 g/mol. The third-order valence-corrected chi connectivity index (χ3v) is 4.77. The van der Waals surface area contributed by atoms with Crippen molar-refractivity contribution in [1.29, 1.82) is 0 Å². The van der Waals surface area contributed by atoms with E-state index in [-0.39, 0.29) is 34.6 Å². The maximum absolute atomic E-state index is 11.9. The molecule has 0 aromatic heterocycles. The van der Waals surface area contributed by atoms with Crippen LogP contribution in [0.3, 0.4) is 0 Å². The molecule has 0 spiro atoms. The Kier molecular flexibility index (Phi) is 10.4. The number of carbonyl (C=O) groups is 1. The van der Waals surface area contributed by atoms with E-state index in [1.165, 1.54) is 0 Å². The molecule has 0 atom stereocenters. The van der Waals surface area contributed by atoms with Crippen LogP contribution in [-0.4, -0.2) is 55.5 Å². The van der Waals surface area contributed by atoms with Crippen molar-refractivity contribution in [3.8, 4) is 0 Å². The lowest BCUT2D eigenvalue weighted by Gasteiger charge is -2.23. The largest absolute Gasteiger partial charge is 0.355 e. The highest BCUT2D eigenvalue weighted by atomic mass is 127. The monoisotopic (exact) mass is 464 g/mol. The zero-order valence-corrected chi connectivity index (χ0v) is 18.5. The Labute approximate surface area is 167 Å². The van der Waals surface area contributed by atoms with Gasteiger partial charge in [-0.2, -0.15) is 11.8 Å². The zero-order valence-electron chi connectivity index (χ0n) is 15.3. The van der Waals surface area contributed by atoms with E-state index in [0.29, 0.717) is 12.1 Å². The molecule has 0 unspecified atom stereocenters.